The topological polar surface area (TPSA) is 48.0 Å². The van der Waals surface area contributed by atoms with Crippen LogP contribution in [0.2, 0.25) is 0 Å². The Labute approximate surface area is 112 Å². The standard InChI is InChI=1S/C14H17NO4/c1-10-13(14(16)15-6-8-17-9-7-15)19-12-5-3-2-4-11(12)18-10/h2-5,10,13H,6-9H2,1H3. The average Bonchev–Trinajstić information content (AvgIpc) is 2.47. The molecule has 19 heavy (non-hydrogen) atoms. The first kappa shape index (κ1) is 12.3. The van der Waals surface area contributed by atoms with Gasteiger partial charge in [-0.2, -0.15) is 0 Å². The number of carbonyl (C=O) groups excluding carboxylic acids is 1. The fourth-order valence-corrected chi connectivity index (χ4v) is 2.35. The summed E-state index contributed by atoms with van der Waals surface area (Å²) in [5, 5.41) is 0. The lowest BCUT2D eigenvalue weighted by atomic mass is 10.1. The van der Waals surface area contributed by atoms with Crippen LogP contribution in [0, 0.1) is 0 Å². The van der Waals surface area contributed by atoms with Gasteiger partial charge in [0.25, 0.3) is 5.91 Å². The third-order valence-electron chi connectivity index (χ3n) is 3.41. The van der Waals surface area contributed by atoms with Crippen LogP contribution in [-0.2, 0) is 9.53 Å². The molecule has 1 aromatic rings. The molecule has 0 radical (unpaired) electrons. The second-order valence-electron chi connectivity index (χ2n) is 4.75. The van der Waals surface area contributed by atoms with Crippen molar-refractivity contribution in [1.29, 1.82) is 0 Å². The largest absolute Gasteiger partial charge is 0.482 e. The molecule has 0 saturated carbocycles. The molecule has 2 aliphatic rings. The van der Waals surface area contributed by atoms with Crippen LogP contribution in [0.5, 0.6) is 11.5 Å². The van der Waals surface area contributed by atoms with Crippen molar-refractivity contribution in [2.45, 2.75) is 19.1 Å². The first-order valence-electron chi connectivity index (χ1n) is 6.54. The lowest BCUT2D eigenvalue weighted by Gasteiger charge is -2.35. The Kier molecular flexibility index (Phi) is 3.29. The molecular formula is C14H17NO4. The molecular weight excluding hydrogens is 246 g/mol. The summed E-state index contributed by atoms with van der Waals surface area (Å²) < 4.78 is 16.8. The quantitative estimate of drug-likeness (QED) is 0.760. The Hall–Kier alpha value is -1.75. The van der Waals surface area contributed by atoms with E-state index in [-0.39, 0.29) is 12.0 Å². The van der Waals surface area contributed by atoms with Gasteiger partial charge in [0, 0.05) is 13.1 Å². The zero-order valence-corrected chi connectivity index (χ0v) is 10.9. The monoisotopic (exact) mass is 263 g/mol. The summed E-state index contributed by atoms with van der Waals surface area (Å²) in [5.74, 6) is 1.30. The predicted molar refractivity (Wildman–Crippen MR) is 68.3 cm³/mol. The van der Waals surface area contributed by atoms with Crippen molar-refractivity contribution in [2.24, 2.45) is 0 Å². The van der Waals surface area contributed by atoms with Crippen molar-refractivity contribution in [3.63, 3.8) is 0 Å². The molecule has 0 aromatic heterocycles. The highest BCUT2D eigenvalue weighted by Crippen LogP contribution is 2.33. The molecule has 2 heterocycles. The molecule has 2 atom stereocenters. The SMILES string of the molecule is CC1Oc2ccccc2OC1C(=O)N1CCOCC1. The molecule has 1 amide bonds. The van der Waals surface area contributed by atoms with Gasteiger partial charge in [0.05, 0.1) is 13.2 Å². The van der Waals surface area contributed by atoms with Crippen LogP contribution in [0.25, 0.3) is 0 Å². The zero-order valence-electron chi connectivity index (χ0n) is 10.9. The number of hydrogen-bond acceptors (Lipinski definition) is 4. The van der Waals surface area contributed by atoms with E-state index in [0.717, 1.165) is 0 Å². The first-order valence-corrected chi connectivity index (χ1v) is 6.54. The van der Waals surface area contributed by atoms with Crippen LogP contribution in [0.3, 0.4) is 0 Å². The Morgan fingerprint density at radius 1 is 1.16 bits per heavy atom. The highest BCUT2D eigenvalue weighted by Gasteiger charge is 2.37. The average molecular weight is 263 g/mol. The summed E-state index contributed by atoms with van der Waals surface area (Å²) in [6.07, 6.45) is -0.863. The van der Waals surface area contributed by atoms with E-state index < -0.39 is 6.10 Å². The van der Waals surface area contributed by atoms with Crippen molar-refractivity contribution in [3.8, 4) is 11.5 Å². The molecule has 102 valence electrons. The normalized spacial score (nSPS) is 26.1. The number of para-hydroxylation sites is 2. The lowest BCUT2D eigenvalue weighted by molar-refractivity contribution is -0.148. The van der Waals surface area contributed by atoms with Crippen molar-refractivity contribution in [2.75, 3.05) is 26.3 Å². The van der Waals surface area contributed by atoms with E-state index >= 15 is 0 Å². The van der Waals surface area contributed by atoms with Crippen molar-refractivity contribution < 1.29 is 19.0 Å². The zero-order chi connectivity index (χ0) is 13.2. The number of carbonyl (C=O) groups is 1. The molecule has 5 heteroatoms. The lowest BCUT2D eigenvalue weighted by Crippen LogP contribution is -2.53. The van der Waals surface area contributed by atoms with Gasteiger partial charge < -0.3 is 19.1 Å². The Bertz CT molecular complexity index is 470. The Morgan fingerprint density at radius 2 is 1.79 bits per heavy atom. The number of morpholine rings is 1. The maximum atomic E-state index is 12.4. The van der Waals surface area contributed by atoms with Gasteiger partial charge in [-0.1, -0.05) is 12.1 Å². The van der Waals surface area contributed by atoms with Crippen molar-refractivity contribution in [3.05, 3.63) is 24.3 Å². The number of nitrogens with zero attached hydrogens (tertiary/aromatic N) is 1. The minimum atomic E-state index is -0.576. The van der Waals surface area contributed by atoms with E-state index in [1.807, 2.05) is 31.2 Å². The van der Waals surface area contributed by atoms with Crippen LogP contribution in [0.1, 0.15) is 6.92 Å². The van der Waals surface area contributed by atoms with Crippen LogP contribution in [-0.4, -0.2) is 49.3 Å². The van der Waals surface area contributed by atoms with E-state index in [0.29, 0.717) is 37.8 Å². The molecule has 0 aliphatic carbocycles. The predicted octanol–water partition coefficient (Wildman–Crippen LogP) is 1.07. The van der Waals surface area contributed by atoms with E-state index in [1.165, 1.54) is 0 Å². The highest BCUT2D eigenvalue weighted by atomic mass is 16.6. The van der Waals surface area contributed by atoms with Gasteiger partial charge in [0.1, 0.15) is 6.10 Å². The van der Waals surface area contributed by atoms with Crippen LogP contribution < -0.4 is 9.47 Å². The number of hydrogen-bond donors (Lipinski definition) is 0. The first-order chi connectivity index (χ1) is 9.25. The molecule has 0 N–H and O–H groups in total. The molecule has 0 bridgehead atoms. The maximum absolute atomic E-state index is 12.4. The molecule has 1 saturated heterocycles. The maximum Gasteiger partial charge on any atom is 0.267 e. The molecule has 3 rings (SSSR count). The molecule has 2 aliphatic heterocycles. The number of fused-ring (bicyclic) bond motifs is 1. The summed E-state index contributed by atoms with van der Waals surface area (Å²) in [5.41, 5.74) is 0. The minimum absolute atomic E-state index is 0.0229. The molecule has 0 spiro atoms. The third-order valence-corrected chi connectivity index (χ3v) is 3.41. The number of rotatable bonds is 1. The molecule has 5 nitrogen and oxygen atoms in total. The minimum Gasteiger partial charge on any atom is -0.482 e. The number of ether oxygens (including phenoxy) is 3. The Balaban J connectivity index is 1.76. The fraction of sp³-hybridized carbons (Fsp3) is 0.500. The van der Waals surface area contributed by atoms with Gasteiger partial charge in [0.2, 0.25) is 6.10 Å². The van der Waals surface area contributed by atoms with Crippen LogP contribution in [0.15, 0.2) is 24.3 Å². The van der Waals surface area contributed by atoms with Gasteiger partial charge in [-0.3, -0.25) is 4.79 Å². The van der Waals surface area contributed by atoms with E-state index in [4.69, 9.17) is 14.2 Å². The smallest absolute Gasteiger partial charge is 0.267 e. The Morgan fingerprint density at radius 3 is 2.47 bits per heavy atom. The van der Waals surface area contributed by atoms with Gasteiger partial charge >= 0.3 is 0 Å². The van der Waals surface area contributed by atoms with Gasteiger partial charge in [-0.15, -0.1) is 0 Å². The van der Waals surface area contributed by atoms with Gasteiger partial charge in [-0.25, -0.2) is 0 Å². The summed E-state index contributed by atoms with van der Waals surface area (Å²) in [6, 6.07) is 7.43. The second kappa shape index (κ2) is 5.09. The number of benzene rings is 1. The van der Waals surface area contributed by atoms with Gasteiger partial charge in [0.15, 0.2) is 11.5 Å². The third kappa shape index (κ3) is 2.38. The van der Waals surface area contributed by atoms with E-state index in [2.05, 4.69) is 0 Å². The summed E-state index contributed by atoms with van der Waals surface area (Å²) in [7, 11) is 0. The fourth-order valence-electron chi connectivity index (χ4n) is 2.35. The van der Waals surface area contributed by atoms with Crippen molar-refractivity contribution >= 4 is 5.91 Å². The summed E-state index contributed by atoms with van der Waals surface area (Å²) in [4.78, 5) is 14.2. The van der Waals surface area contributed by atoms with Crippen molar-refractivity contribution in [1.82, 2.24) is 4.90 Å². The molecule has 1 fully saturated rings. The van der Waals surface area contributed by atoms with Crippen LogP contribution in [0.4, 0.5) is 0 Å². The number of amides is 1. The summed E-state index contributed by atoms with van der Waals surface area (Å²) in [6.45, 7) is 4.27. The molecule has 2 unspecified atom stereocenters. The second-order valence-corrected chi connectivity index (χ2v) is 4.75. The van der Waals surface area contributed by atoms with Gasteiger partial charge in [-0.05, 0) is 19.1 Å². The van der Waals surface area contributed by atoms with E-state index in [1.54, 1.807) is 4.90 Å². The van der Waals surface area contributed by atoms with Crippen LogP contribution >= 0.6 is 0 Å². The summed E-state index contributed by atoms with van der Waals surface area (Å²) >= 11 is 0. The molecule has 1 aromatic carbocycles. The highest BCUT2D eigenvalue weighted by molar-refractivity contribution is 5.82. The van der Waals surface area contributed by atoms with E-state index in [9.17, 15) is 4.79 Å².